The van der Waals surface area contributed by atoms with Crippen LogP contribution in [0, 0.1) is 0 Å². The highest BCUT2D eigenvalue weighted by atomic mass is 16.5. The predicted molar refractivity (Wildman–Crippen MR) is 40.5 cm³/mol. The summed E-state index contributed by atoms with van der Waals surface area (Å²) >= 11 is 0. The van der Waals surface area contributed by atoms with Crippen LogP contribution in [-0.2, 0) is 14.3 Å². The topological polar surface area (TPSA) is 35.5 Å². The number of hydrogen-bond donors (Lipinski definition) is 0. The van der Waals surface area contributed by atoms with Crippen LogP contribution in [-0.4, -0.2) is 32.2 Å². The first kappa shape index (κ1) is 8.68. The van der Waals surface area contributed by atoms with Gasteiger partial charge in [-0.15, -0.1) is 0 Å². The quantitative estimate of drug-likeness (QED) is 0.595. The predicted octanol–water partition coefficient (Wildman–Crippen LogP) is 0.769. The highest BCUT2D eigenvalue weighted by molar-refractivity contribution is 5.79. The SMILES string of the molecule is COC1CCC(=O)CC1OC. The summed E-state index contributed by atoms with van der Waals surface area (Å²) < 4.78 is 10.3. The Labute approximate surface area is 66.7 Å². The van der Waals surface area contributed by atoms with E-state index in [2.05, 4.69) is 0 Å². The molecular weight excluding hydrogens is 144 g/mol. The van der Waals surface area contributed by atoms with Crippen molar-refractivity contribution in [3.05, 3.63) is 0 Å². The van der Waals surface area contributed by atoms with E-state index in [9.17, 15) is 4.79 Å². The first-order chi connectivity index (χ1) is 5.27. The minimum Gasteiger partial charge on any atom is -0.379 e. The number of ether oxygens (including phenoxy) is 2. The highest BCUT2D eigenvalue weighted by Gasteiger charge is 2.28. The molecule has 11 heavy (non-hydrogen) atoms. The van der Waals surface area contributed by atoms with Gasteiger partial charge >= 0.3 is 0 Å². The number of rotatable bonds is 2. The van der Waals surface area contributed by atoms with E-state index in [1.165, 1.54) is 0 Å². The molecule has 0 bridgehead atoms. The first-order valence-electron chi connectivity index (χ1n) is 3.85. The Balaban J connectivity index is 2.48. The Kier molecular flexibility index (Phi) is 3.02. The number of carbonyl (C=O) groups excluding carboxylic acids is 1. The van der Waals surface area contributed by atoms with E-state index in [0.29, 0.717) is 12.8 Å². The lowest BCUT2D eigenvalue weighted by Gasteiger charge is -2.28. The molecule has 0 aromatic rings. The van der Waals surface area contributed by atoms with E-state index in [0.717, 1.165) is 6.42 Å². The third kappa shape index (κ3) is 2.01. The molecule has 0 aromatic carbocycles. The van der Waals surface area contributed by atoms with Crippen LogP contribution in [0.15, 0.2) is 0 Å². The molecule has 0 saturated heterocycles. The molecule has 2 unspecified atom stereocenters. The van der Waals surface area contributed by atoms with Crippen molar-refractivity contribution in [3.63, 3.8) is 0 Å². The largest absolute Gasteiger partial charge is 0.379 e. The number of methoxy groups -OCH3 is 2. The maximum Gasteiger partial charge on any atom is 0.135 e. The van der Waals surface area contributed by atoms with Crippen molar-refractivity contribution in [3.8, 4) is 0 Å². The minimum absolute atomic E-state index is 0.0266. The molecule has 64 valence electrons. The second-order valence-corrected chi connectivity index (χ2v) is 2.83. The molecule has 3 nitrogen and oxygen atoms in total. The van der Waals surface area contributed by atoms with Gasteiger partial charge in [0.2, 0.25) is 0 Å². The zero-order chi connectivity index (χ0) is 8.27. The van der Waals surface area contributed by atoms with Crippen LogP contribution in [0.2, 0.25) is 0 Å². The van der Waals surface area contributed by atoms with Crippen molar-refractivity contribution < 1.29 is 14.3 Å². The molecular formula is C8H14O3. The van der Waals surface area contributed by atoms with E-state index in [1.54, 1.807) is 14.2 Å². The van der Waals surface area contributed by atoms with Crippen molar-refractivity contribution in [1.29, 1.82) is 0 Å². The monoisotopic (exact) mass is 158 g/mol. The van der Waals surface area contributed by atoms with Gasteiger partial charge in [0.05, 0.1) is 12.2 Å². The van der Waals surface area contributed by atoms with E-state index in [1.807, 2.05) is 0 Å². The summed E-state index contributed by atoms with van der Waals surface area (Å²) in [5.74, 6) is 0.283. The van der Waals surface area contributed by atoms with Crippen molar-refractivity contribution in [2.24, 2.45) is 0 Å². The fourth-order valence-electron chi connectivity index (χ4n) is 1.45. The van der Waals surface area contributed by atoms with Crippen LogP contribution in [0.4, 0.5) is 0 Å². The molecule has 1 rings (SSSR count). The van der Waals surface area contributed by atoms with E-state index in [-0.39, 0.29) is 18.0 Å². The molecule has 0 N–H and O–H groups in total. The van der Waals surface area contributed by atoms with Crippen LogP contribution >= 0.6 is 0 Å². The van der Waals surface area contributed by atoms with Crippen LogP contribution < -0.4 is 0 Å². The van der Waals surface area contributed by atoms with E-state index in [4.69, 9.17) is 9.47 Å². The van der Waals surface area contributed by atoms with Gasteiger partial charge in [-0.3, -0.25) is 4.79 Å². The standard InChI is InChI=1S/C8H14O3/c1-10-7-4-3-6(9)5-8(7)11-2/h7-8H,3-5H2,1-2H3. The molecule has 3 heteroatoms. The zero-order valence-electron chi connectivity index (χ0n) is 7.00. The molecule has 1 fully saturated rings. The van der Waals surface area contributed by atoms with Gasteiger partial charge in [-0.25, -0.2) is 0 Å². The molecule has 0 spiro atoms. The Morgan fingerprint density at radius 1 is 1.27 bits per heavy atom. The van der Waals surface area contributed by atoms with Crippen LogP contribution in [0.25, 0.3) is 0 Å². The van der Waals surface area contributed by atoms with Gasteiger partial charge in [0.25, 0.3) is 0 Å². The van der Waals surface area contributed by atoms with Gasteiger partial charge in [-0.1, -0.05) is 0 Å². The van der Waals surface area contributed by atoms with Gasteiger partial charge in [0, 0.05) is 27.1 Å². The number of hydrogen-bond acceptors (Lipinski definition) is 3. The fourth-order valence-corrected chi connectivity index (χ4v) is 1.45. The van der Waals surface area contributed by atoms with Gasteiger partial charge in [-0.2, -0.15) is 0 Å². The summed E-state index contributed by atoms with van der Waals surface area (Å²) in [7, 11) is 3.28. The molecule has 1 aliphatic carbocycles. The molecule has 0 aliphatic heterocycles. The summed E-state index contributed by atoms with van der Waals surface area (Å²) in [6, 6.07) is 0. The van der Waals surface area contributed by atoms with Crippen molar-refractivity contribution in [2.45, 2.75) is 31.5 Å². The summed E-state index contributed by atoms with van der Waals surface area (Å²) in [4.78, 5) is 11.0. The lowest BCUT2D eigenvalue weighted by atomic mass is 9.93. The first-order valence-corrected chi connectivity index (χ1v) is 3.85. The van der Waals surface area contributed by atoms with Gasteiger partial charge in [0.1, 0.15) is 5.78 Å². The Bertz CT molecular complexity index is 144. The summed E-state index contributed by atoms with van der Waals surface area (Å²) in [5.41, 5.74) is 0. The molecule has 0 heterocycles. The summed E-state index contributed by atoms with van der Waals surface area (Å²) in [6.45, 7) is 0. The Morgan fingerprint density at radius 2 is 1.91 bits per heavy atom. The Hall–Kier alpha value is -0.410. The highest BCUT2D eigenvalue weighted by Crippen LogP contribution is 2.20. The molecule has 1 aliphatic rings. The summed E-state index contributed by atoms with van der Waals surface area (Å²) in [5, 5.41) is 0. The number of Topliss-reactive ketones (excluding diaryl/α,β-unsaturated/α-hetero) is 1. The van der Waals surface area contributed by atoms with E-state index < -0.39 is 0 Å². The smallest absolute Gasteiger partial charge is 0.135 e. The maximum atomic E-state index is 11.0. The molecule has 0 aromatic heterocycles. The number of carbonyl (C=O) groups is 1. The van der Waals surface area contributed by atoms with Gasteiger partial charge < -0.3 is 9.47 Å². The molecule has 1 saturated carbocycles. The van der Waals surface area contributed by atoms with E-state index >= 15 is 0 Å². The molecule has 0 amide bonds. The molecule has 2 atom stereocenters. The Morgan fingerprint density at radius 3 is 2.45 bits per heavy atom. The normalized spacial score (nSPS) is 32.4. The third-order valence-electron chi connectivity index (χ3n) is 2.16. The van der Waals surface area contributed by atoms with Crippen molar-refractivity contribution >= 4 is 5.78 Å². The van der Waals surface area contributed by atoms with Crippen molar-refractivity contribution in [2.75, 3.05) is 14.2 Å². The van der Waals surface area contributed by atoms with Crippen LogP contribution in [0.1, 0.15) is 19.3 Å². The minimum atomic E-state index is -0.0266. The van der Waals surface area contributed by atoms with Crippen LogP contribution in [0.3, 0.4) is 0 Å². The lowest BCUT2D eigenvalue weighted by Crippen LogP contribution is -2.36. The maximum absolute atomic E-state index is 11.0. The van der Waals surface area contributed by atoms with Crippen LogP contribution in [0.5, 0.6) is 0 Å². The average molecular weight is 158 g/mol. The van der Waals surface area contributed by atoms with Crippen molar-refractivity contribution in [1.82, 2.24) is 0 Å². The van der Waals surface area contributed by atoms with Gasteiger partial charge in [-0.05, 0) is 6.42 Å². The number of ketones is 1. The average Bonchev–Trinajstić information content (AvgIpc) is 2.04. The third-order valence-corrected chi connectivity index (χ3v) is 2.16. The summed E-state index contributed by atoms with van der Waals surface area (Å²) in [6.07, 6.45) is 2.03. The zero-order valence-corrected chi connectivity index (χ0v) is 7.00. The second-order valence-electron chi connectivity index (χ2n) is 2.83. The molecule has 0 radical (unpaired) electrons. The lowest BCUT2D eigenvalue weighted by molar-refractivity contribution is -0.131. The van der Waals surface area contributed by atoms with Gasteiger partial charge in [0.15, 0.2) is 0 Å². The fraction of sp³-hybridized carbons (Fsp3) is 0.875. The second kappa shape index (κ2) is 3.83.